The van der Waals surface area contributed by atoms with Crippen LogP contribution < -0.4 is 4.66 Å². The van der Waals surface area contributed by atoms with Crippen LogP contribution in [0.4, 0.5) is 0 Å². The SMILES string of the molecule is CC1(Cc2ccccc2)C[N+]12CCCCC2.[O-][Cl+](O)(O)O. The molecule has 2 heterocycles. The summed E-state index contributed by atoms with van der Waals surface area (Å²) in [6.07, 6.45) is 5.63. The van der Waals surface area contributed by atoms with Crippen molar-refractivity contribution < 1.29 is 33.4 Å². The predicted octanol–water partition coefficient (Wildman–Crippen LogP) is 0.142. The number of rotatable bonds is 2. The zero-order valence-corrected chi connectivity index (χ0v) is 13.2. The van der Waals surface area contributed by atoms with E-state index in [1.165, 1.54) is 55.4 Å². The molecule has 1 unspecified atom stereocenters. The number of piperidine rings is 1. The summed E-state index contributed by atoms with van der Waals surface area (Å²) in [6.45, 7) is 6.78. The van der Waals surface area contributed by atoms with Crippen LogP contribution in [0.5, 0.6) is 0 Å². The third-order valence-electron chi connectivity index (χ3n) is 4.79. The molecule has 0 saturated carbocycles. The van der Waals surface area contributed by atoms with Gasteiger partial charge in [0.15, 0.2) is 0 Å². The van der Waals surface area contributed by atoms with Crippen LogP contribution in [-0.2, 0) is 6.42 Å². The maximum atomic E-state index is 8.83. The molecule has 2 saturated heterocycles. The molecule has 2 aliphatic rings. The number of halogens is 1. The van der Waals surface area contributed by atoms with Crippen molar-refractivity contribution in [3.63, 3.8) is 0 Å². The monoisotopic (exact) mass is 318 g/mol. The Labute approximate surface area is 127 Å². The Morgan fingerprint density at radius 3 is 2.14 bits per heavy atom. The van der Waals surface area contributed by atoms with Crippen molar-refractivity contribution in [3.8, 4) is 0 Å². The molecule has 1 aromatic rings. The van der Waals surface area contributed by atoms with Crippen molar-refractivity contribution in [1.82, 2.24) is 0 Å². The third kappa shape index (κ3) is 4.64. The first kappa shape index (κ1) is 16.7. The van der Waals surface area contributed by atoms with E-state index in [9.17, 15) is 0 Å². The van der Waals surface area contributed by atoms with Gasteiger partial charge >= 0.3 is 28.9 Å². The molecule has 0 radical (unpaired) electrons. The van der Waals surface area contributed by atoms with Crippen LogP contribution in [0.1, 0.15) is 31.7 Å². The van der Waals surface area contributed by atoms with E-state index in [0.717, 1.165) is 0 Å². The molecule has 21 heavy (non-hydrogen) atoms. The van der Waals surface area contributed by atoms with Crippen molar-refractivity contribution in [2.75, 3.05) is 19.6 Å². The molecule has 1 spiro atoms. The fourth-order valence-electron chi connectivity index (χ4n) is 3.69. The van der Waals surface area contributed by atoms with Gasteiger partial charge in [-0.05, 0) is 31.7 Å². The fourth-order valence-corrected chi connectivity index (χ4v) is 3.69. The van der Waals surface area contributed by atoms with Crippen LogP contribution in [0.25, 0.3) is 0 Å². The average molecular weight is 319 g/mol. The van der Waals surface area contributed by atoms with Crippen LogP contribution in [0, 0.1) is 10.2 Å². The molecule has 0 amide bonds. The average Bonchev–Trinajstić information content (AvgIpc) is 2.92. The number of benzene rings is 1. The summed E-state index contributed by atoms with van der Waals surface area (Å²) in [7, 11) is -4.19. The quantitative estimate of drug-likeness (QED) is 0.535. The Bertz CT molecular complexity index is 450. The first-order valence-corrected chi connectivity index (χ1v) is 8.63. The van der Waals surface area contributed by atoms with Crippen molar-refractivity contribution in [3.05, 3.63) is 35.9 Å². The van der Waals surface area contributed by atoms with Crippen LogP contribution in [0.3, 0.4) is 0 Å². The fraction of sp³-hybridized carbons (Fsp3) is 0.600. The van der Waals surface area contributed by atoms with Gasteiger partial charge in [-0.2, -0.15) is 0 Å². The first-order chi connectivity index (χ1) is 9.74. The van der Waals surface area contributed by atoms with Gasteiger partial charge in [0.05, 0.1) is 13.1 Å². The van der Waals surface area contributed by atoms with Gasteiger partial charge in [0.2, 0.25) is 0 Å². The van der Waals surface area contributed by atoms with E-state index in [2.05, 4.69) is 37.3 Å². The molecule has 3 rings (SSSR count). The molecule has 3 N–H and O–H groups in total. The maximum absolute atomic E-state index is 8.83. The molecule has 6 heteroatoms. The third-order valence-corrected chi connectivity index (χ3v) is 4.79. The van der Waals surface area contributed by atoms with Gasteiger partial charge in [-0.25, -0.2) is 0 Å². The van der Waals surface area contributed by atoms with Gasteiger partial charge in [0, 0.05) is 6.42 Å². The predicted molar refractivity (Wildman–Crippen MR) is 73.9 cm³/mol. The van der Waals surface area contributed by atoms with E-state index in [1.807, 2.05) is 0 Å². The summed E-state index contributed by atoms with van der Waals surface area (Å²) < 4.78 is 31.6. The molecule has 5 nitrogen and oxygen atoms in total. The van der Waals surface area contributed by atoms with Gasteiger partial charge < -0.3 is 4.48 Å². The standard InChI is InChI=1S/C15H22N.ClH3O4/c1-15(12-14-8-4-2-5-9-14)13-16(15)10-6-3-7-11-16;2-1(3,4)5/h2,4-5,8-9H,3,6-7,10-13H2,1H3;2-4H/q+1;. The van der Waals surface area contributed by atoms with Gasteiger partial charge in [-0.1, -0.05) is 30.3 Å². The van der Waals surface area contributed by atoms with E-state index >= 15 is 0 Å². The molecule has 120 valence electrons. The molecule has 2 fully saturated rings. The summed E-state index contributed by atoms with van der Waals surface area (Å²) >= 11 is 0. The summed E-state index contributed by atoms with van der Waals surface area (Å²) in [5.41, 5.74) is 2.08. The van der Waals surface area contributed by atoms with E-state index in [1.54, 1.807) is 0 Å². The van der Waals surface area contributed by atoms with Crippen LogP contribution in [0.15, 0.2) is 30.3 Å². The number of quaternary nitrogens is 1. The van der Waals surface area contributed by atoms with Crippen LogP contribution in [-0.4, -0.2) is 43.6 Å². The van der Waals surface area contributed by atoms with Crippen molar-refractivity contribution in [2.45, 2.75) is 38.1 Å². The Morgan fingerprint density at radius 2 is 1.62 bits per heavy atom. The molecule has 0 aromatic heterocycles. The number of hydrogen-bond acceptors (Lipinski definition) is 4. The zero-order valence-electron chi connectivity index (χ0n) is 12.4. The topological polar surface area (TPSA) is 83.8 Å². The number of nitrogens with zero attached hydrogens (tertiary/aromatic N) is 1. The molecular formula is C15H25ClNO4+. The van der Waals surface area contributed by atoms with Crippen molar-refractivity contribution >= 4 is 0 Å². The number of hydrogen-bond donors (Lipinski definition) is 3. The van der Waals surface area contributed by atoms with Crippen molar-refractivity contribution in [1.29, 1.82) is 0 Å². The normalized spacial score (nSPS) is 27.7. The molecule has 1 aromatic carbocycles. The van der Waals surface area contributed by atoms with Gasteiger partial charge in [-0.3, -0.25) is 0 Å². The molecule has 0 bridgehead atoms. The molecule has 1 atom stereocenters. The molecule has 0 aliphatic carbocycles. The van der Waals surface area contributed by atoms with E-state index in [0.29, 0.717) is 5.54 Å². The Morgan fingerprint density at radius 1 is 1.10 bits per heavy atom. The second kappa shape index (κ2) is 6.20. The Kier molecular flexibility index (Phi) is 4.92. The summed E-state index contributed by atoms with van der Waals surface area (Å²) in [5.74, 6) is 0. The van der Waals surface area contributed by atoms with Gasteiger partial charge in [0.25, 0.3) is 0 Å². The van der Waals surface area contributed by atoms with Gasteiger partial charge in [-0.15, -0.1) is 0 Å². The minimum atomic E-state index is -4.19. The second-order valence-corrected chi connectivity index (χ2v) is 7.27. The second-order valence-electron chi connectivity index (χ2n) is 6.40. The molecular weight excluding hydrogens is 294 g/mol. The summed E-state index contributed by atoms with van der Waals surface area (Å²) in [5, 5.41) is 0. The van der Waals surface area contributed by atoms with E-state index in [-0.39, 0.29) is 0 Å². The molecule has 2 aliphatic heterocycles. The van der Waals surface area contributed by atoms with E-state index in [4.69, 9.17) is 18.6 Å². The summed E-state index contributed by atoms with van der Waals surface area (Å²) in [4.78, 5) is 0. The van der Waals surface area contributed by atoms with Crippen LogP contribution in [0.2, 0.25) is 0 Å². The van der Waals surface area contributed by atoms with Gasteiger partial charge in [0.1, 0.15) is 12.1 Å². The minimum absolute atomic E-state index is 0.557. The Balaban J connectivity index is 0.000000282. The summed E-state index contributed by atoms with van der Waals surface area (Å²) in [6, 6.07) is 11.0. The van der Waals surface area contributed by atoms with Crippen LogP contribution >= 0.6 is 0 Å². The zero-order chi connectivity index (χ0) is 15.6. The first-order valence-electron chi connectivity index (χ1n) is 7.31. The van der Waals surface area contributed by atoms with E-state index < -0.39 is 10.2 Å². The van der Waals surface area contributed by atoms with Crippen molar-refractivity contribution in [2.24, 2.45) is 0 Å². The Hall–Kier alpha value is -0.690.